The molecule has 0 bridgehead atoms. The molecule has 6 nitrogen and oxygen atoms in total. The molecule has 1 aliphatic carbocycles. The molecule has 1 saturated carbocycles. The van der Waals surface area contributed by atoms with Crippen LogP contribution in [0.3, 0.4) is 0 Å². The Balaban J connectivity index is 1.37. The summed E-state index contributed by atoms with van der Waals surface area (Å²) in [7, 11) is 0. The summed E-state index contributed by atoms with van der Waals surface area (Å²) in [6.45, 7) is 0.971. The Morgan fingerprint density at radius 2 is 2.00 bits per heavy atom. The summed E-state index contributed by atoms with van der Waals surface area (Å²) in [6, 6.07) is 11.2. The number of rotatable bonds is 8. The van der Waals surface area contributed by atoms with Gasteiger partial charge in [0.1, 0.15) is 5.75 Å². The summed E-state index contributed by atoms with van der Waals surface area (Å²) in [5.74, 6) is 0.919. The van der Waals surface area contributed by atoms with Crippen molar-refractivity contribution in [2.75, 3.05) is 13.2 Å². The Kier molecular flexibility index (Phi) is 7.87. The molecular formula is C22H26ClN3O3. The normalized spacial score (nSPS) is 18.7. The maximum absolute atomic E-state index is 12.4. The third-order valence-corrected chi connectivity index (χ3v) is 5.37. The van der Waals surface area contributed by atoms with Crippen LogP contribution in [0.1, 0.15) is 42.5 Å². The van der Waals surface area contributed by atoms with E-state index < -0.39 is 0 Å². The van der Waals surface area contributed by atoms with Crippen LogP contribution in [-0.2, 0) is 4.79 Å². The van der Waals surface area contributed by atoms with Gasteiger partial charge in [0.05, 0.1) is 23.6 Å². The lowest BCUT2D eigenvalue weighted by molar-refractivity contribution is -0.121. The summed E-state index contributed by atoms with van der Waals surface area (Å²) >= 11 is 6.05. The van der Waals surface area contributed by atoms with Gasteiger partial charge in [-0.05, 0) is 43.4 Å². The fraction of sp³-hybridized carbons (Fsp3) is 0.409. The molecule has 1 heterocycles. The number of amides is 2. The number of pyridine rings is 1. The maximum atomic E-state index is 12.4. The minimum Gasteiger partial charge on any atom is -0.493 e. The minimum atomic E-state index is -0.176. The lowest BCUT2D eigenvalue weighted by Crippen LogP contribution is -2.41. The first-order chi connectivity index (χ1) is 14.1. The van der Waals surface area contributed by atoms with Crippen LogP contribution >= 0.6 is 11.6 Å². The summed E-state index contributed by atoms with van der Waals surface area (Å²) in [5.41, 5.74) is 0.440. The second-order valence-electron chi connectivity index (χ2n) is 7.27. The summed E-state index contributed by atoms with van der Waals surface area (Å²) in [6.07, 6.45) is 7.19. The molecule has 2 atom stereocenters. The number of nitrogens with one attached hydrogen (secondary N) is 2. The molecule has 0 spiro atoms. The van der Waals surface area contributed by atoms with Crippen molar-refractivity contribution in [2.45, 2.75) is 38.1 Å². The highest BCUT2D eigenvalue weighted by atomic mass is 35.5. The van der Waals surface area contributed by atoms with Crippen LogP contribution in [0.25, 0.3) is 0 Å². The lowest BCUT2D eigenvalue weighted by Gasteiger charge is -2.30. The van der Waals surface area contributed by atoms with Crippen molar-refractivity contribution >= 4 is 23.4 Å². The van der Waals surface area contributed by atoms with E-state index >= 15 is 0 Å². The van der Waals surface area contributed by atoms with Crippen LogP contribution in [0.2, 0.25) is 5.02 Å². The highest BCUT2D eigenvalue weighted by Gasteiger charge is 2.24. The lowest BCUT2D eigenvalue weighted by atomic mass is 9.85. The topological polar surface area (TPSA) is 80.3 Å². The molecule has 0 unspecified atom stereocenters. The molecule has 7 heteroatoms. The predicted octanol–water partition coefficient (Wildman–Crippen LogP) is 3.61. The second-order valence-corrected chi connectivity index (χ2v) is 7.68. The fourth-order valence-electron chi connectivity index (χ4n) is 3.55. The van der Waals surface area contributed by atoms with Crippen molar-refractivity contribution in [3.8, 4) is 5.75 Å². The van der Waals surface area contributed by atoms with Crippen LogP contribution in [0.4, 0.5) is 0 Å². The molecule has 3 rings (SSSR count). The van der Waals surface area contributed by atoms with Gasteiger partial charge in [-0.2, -0.15) is 0 Å². The van der Waals surface area contributed by atoms with Gasteiger partial charge in [0.2, 0.25) is 5.91 Å². The average Bonchev–Trinajstić information content (AvgIpc) is 2.73. The summed E-state index contributed by atoms with van der Waals surface area (Å²) < 4.78 is 5.56. The van der Waals surface area contributed by atoms with E-state index in [0.717, 1.165) is 31.4 Å². The third-order valence-electron chi connectivity index (χ3n) is 5.06. The van der Waals surface area contributed by atoms with Gasteiger partial charge >= 0.3 is 0 Å². The van der Waals surface area contributed by atoms with Crippen LogP contribution < -0.4 is 15.4 Å². The van der Waals surface area contributed by atoms with Gasteiger partial charge in [-0.15, -0.1) is 0 Å². The van der Waals surface area contributed by atoms with Crippen molar-refractivity contribution in [3.63, 3.8) is 0 Å². The molecule has 154 valence electrons. The minimum absolute atomic E-state index is 0.0179. The standard InChI is InChI=1S/C22H26ClN3O3/c23-20-15-24-11-9-19(20)22(28)26-17-6-4-5-16(13-17)14-25-21(27)10-12-29-18-7-2-1-3-8-18/h1-3,7-9,11,15-17H,4-6,10,12-14H2,(H,25,27)(H,26,28)/t16-,17+/m1/s1. The van der Waals surface area contributed by atoms with Crippen molar-refractivity contribution in [1.29, 1.82) is 0 Å². The molecule has 29 heavy (non-hydrogen) atoms. The molecule has 1 aromatic heterocycles. The number of hydrogen-bond acceptors (Lipinski definition) is 4. The van der Waals surface area contributed by atoms with Crippen molar-refractivity contribution in [1.82, 2.24) is 15.6 Å². The van der Waals surface area contributed by atoms with E-state index in [1.807, 2.05) is 30.3 Å². The van der Waals surface area contributed by atoms with Gasteiger partial charge in [0, 0.05) is 25.0 Å². The average molecular weight is 416 g/mol. The van der Waals surface area contributed by atoms with E-state index in [2.05, 4.69) is 15.6 Å². The van der Waals surface area contributed by atoms with E-state index in [-0.39, 0.29) is 17.9 Å². The van der Waals surface area contributed by atoms with Gasteiger partial charge < -0.3 is 15.4 Å². The summed E-state index contributed by atoms with van der Waals surface area (Å²) in [5, 5.41) is 6.40. The van der Waals surface area contributed by atoms with E-state index in [9.17, 15) is 9.59 Å². The van der Waals surface area contributed by atoms with Crippen molar-refractivity contribution < 1.29 is 14.3 Å². The smallest absolute Gasteiger partial charge is 0.253 e. The monoisotopic (exact) mass is 415 g/mol. The zero-order valence-corrected chi connectivity index (χ0v) is 17.0. The molecular weight excluding hydrogens is 390 g/mol. The number of aromatic nitrogens is 1. The van der Waals surface area contributed by atoms with Gasteiger partial charge in [0.25, 0.3) is 5.91 Å². The number of para-hydroxylation sites is 1. The molecule has 0 aliphatic heterocycles. The van der Waals surface area contributed by atoms with Gasteiger partial charge in [-0.25, -0.2) is 0 Å². The molecule has 0 saturated heterocycles. The number of carbonyl (C=O) groups excluding carboxylic acids is 2. The first kappa shape index (κ1) is 21.1. The molecule has 2 amide bonds. The maximum Gasteiger partial charge on any atom is 0.253 e. The zero-order valence-electron chi connectivity index (χ0n) is 16.3. The van der Waals surface area contributed by atoms with Crippen LogP contribution in [0.5, 0.6) is 5.75 Å². The number of benzene rings is 1. The highest BCUT2D eigenvalue weighted by Crippen LogP contribution is 2.24. The number of nitrogens with zero attached hydrogens (tertiary/aromatic N) is 1. The molecule has 2 N–H and O–H groups in total. The van der Waals surface area contributed by atoms with Gasteiger partial charge in [-0.3, -0.25) is 14.6 Å². The molecule has 2 aromatic rings. The Labute approximate surface area is 176 Å². The number of halogens is 1. The Morgan fingerprint density at radius 3 is 2.79 bits per heavy atom. The Bertz CT molecular complexity index is 816. The van der Waals surface area contributed by atoms with E-state index in [0.29, 0.717) is 36.1 Å². The van der Waals surface area contributed by atoms with E-state index in [1.54, 1.807) is 12.3 Å². The highest BCUT2D eigenvalue weighted by molar-refractivity contribution is 6.33. The molecule has 1 fully saturated rings. The quantitative estimate of drug-likeness (QED) is 0.690. The zero-order chi connectivity index (χ0) is 20.5. The predicted molar refractivity (Wildman–Crippen MR) is 112 cm³/mol. The third kappa shape index (κ3) is 6.75. The summed E-state index contributed by atoms with van der Waals surface area (Å²) in [4.78, 5) is 28.4. The largest absolute Gasteiger partial charge is 0.493 e. The first-order valence-electron chi connectivity index (χ1n) is 9.96. The van der Waals surface area contributed by atoms with Crippen LogP contribution in [0.15, 0.2) is 48.8 Å². The first-order valence-corrected chi connectivity index (χ1v) is 10.3. The second kappa shape index (κ2) is 10.8. The van der Waals surface area contributed by atoms with Gasteiger partial charge in [-0.1, -0.05) is 36.2 Å². The SMILES string of the molecule is O=C(CCOc1ccccc1)NC[C@@H]1CCC[C@H](NC(=O)c2ccncc2Cl)C1. The van der Waals surface area contributed by atoms with E-state index in [1.165, 1.54) is 6.20 Å². The van der Waals surface area contributed by atoms with Gasteiger partial charge in [0.15, 0.2) is 0 Å². The molecule has 1 aromatic carbocycles. The Morgan fingerprint density at radius 1 is 1.17 bits per heavy atom. The number of hydrogen-bond donors (Lipinski definition) is 2. The number of ether oxygens (including phenoxy) is 1. The number of carbonyl (C=O) groups is 2. The van der Waals surface area contributed by atoms with Crippen molar-refractivity contribution in [3.05, 3.63) is 59.4 Å². The Hall–Kier alpha value is -2.60. The van der Waals surface area contributed by atoms with E-state index in [4.69, 9.17) is 16.3 Å². The fourth-order valence-corrected chi connectivity index (χ4v) is 3.76. The van der Waals surface area contributed by atoms with Crippen molar-refractivity contribution in [2.24, 2.45) is 5.92 Å². The van der Waals surface area contributed by atoms with Crippen LogP contribution in [-0.4, -0.2) is 36.0 Å². The molecule has 1 aliphatic rings. The molecule has 0 radical (unpaired) electrons. The van der Waals surface area contributed by atoms with Crippen LogP contribution in [0, 0.1) is 5.92 Å².